The number of hydrogen-bond donors (Lipinski definition) is 0. The molecule has 0 saturated heterocycles. The van der Waals surface area contributed by atoms with E-state index in [1.54, 1.807) is 27.7 Å². The molecule has 0 aromatic carbocycles. The number of hydrogen-bond acceptors (Lipinski definition) is 8. The Balaban J connectivity index is 0. The highest BCUT2D eigenvalue weighted by Crippen LogP contribution is 2.28. The Morgan fingerprint density at radius 3 is 1.13 bits per heavy atom. The second kappa shape index (κ2) is 19.0. The maximum Gasteiger partial charge on any atom is 0.333 e. The number of carbonyl (C=O) groups is 4. The molecule has 8 nitrogen and oxygen atoms in total. The number of carbonyl (C=O) groups excluding carboxylic acids is 4. The van der Waals surface area contributed by atoms with E-state index in [0.717, 1.165) is 12.8 Å². The molecule has 222 valence electrons. The van der Waals surface area contributed by atoms with Crippen molar-refractivity contribution in [2.24, 2.45) is 0 Å². The van der Waals surface area contributed by atoms with Gasteiger partial charge < -0.3 is 18.9 Å². The van der Waals surface area contributed by atoms with Crippen LogP contribution in [0.25, 0.3) is 0 Å². The molecule has 0 aliphatic heterocycles. The topological polar surface area (TPSA) is 105 Å². The van der Waals surface area contributed by atoms with Crippen molar-refractivity contribution in [2.75, 3.05) is 13.2 Å². The summed E-state index contributed by atoms with van der Waals surface area (Å²) >= 11 is 0. The van der Waals surface area contributed by atoms with Crippen LogP contribution in [0, 0.1) is 0 Å². The molecule has 0 aliphatic rings. The Labute approximate surface area is 235 Å². The fourth-order valence-corrected chi connectivity index (χ4v) is 3.30. The summed E-state index contributed by atoms with van der Waals surface area (Å²) in [5.41, 5.74) is 0.389. The first-order chi connectivity index (χ1) is 18.1. The van der Waals surface area contributed by atoms with E-state index < -0.39 is 23.1 Å². The smallest absolute Gasteiger partial charge is 0.333 e. The van der Waals surface area contributed by atoms with Gasteiger partial charge in [-0.05, 0) is 66.2 Å². The molecule has 0 N–H and O–H groups in total. The van der Waals surface area contributed by atoms with Gasteiger partial charge in [0.05, 0.1) is 13.2 Å². The van der Waals surface area contributed by atoms with Crippen LogP contribution in [0.2, 0.25) is 0 Å². The Hall–Kier alpha value is -3.16. The predicted octanol–water partition coefficient (Wildman–Crippen LogP) is 6.74. The van der Waals surface area contributed by atoms with Crippen LogP contribution in [-0.2, 0) is 38.1 Å². The van der Waals surface area contributed by atoms with Crippen LogP contribution in [0.5, 0.6) is 0 Å². The van der Waals surface area contributed by atoms with E-state index in [1.165, 1.54) is 0 Å². The van der Waals surface area contributed by atoms with Gasteiger partial charge in [-0.15, -0.1) is 0 Å². The fraction of sp³-hybridized carbons (Fsp3) is 0.613. The maximum absolute atomic E-state index is 11.7. The van der Waals surface area contributed by atoms with Crippen molar-refractivity contribution in [3.8, 4) is 0 Å². The number of ether oxygens (including phenoxy) is 4. The highest BCUT2D eigenvalue weighted by Gasteiger charge is 2.31. The van der Waals surface area contributed by atoms with E-state index in [-0.39, 0.29) is 18.5 Å². The first kappa shape index (κ1) is 38.0. The normalized spacial score (nSPS) is 10.8. The first-order valence-electron chi connectivity index (χ1n) is 13.5. The molecule has 0 aliphatic carbocycles. The van der Waals surface area contributed by atoms with Gasteiger partial charge >= 0.3 is 23.9 Å². The summed E-state index contributed by atoms with van der Waals surface area (Å²) in [6.07, 6.45) is 4.53. The van der Waals surface area contributed by atoms with Crippen molar-refractivity contribution in [3.05, 3.63) is 48.6 Å². The second-order valence-corrected chi connectivity index (χ2v) is 9.81. The van der Waals surface area contributed by atoms with Gasteiger partial charge in [-0.1, -0.05) is 54.0 Å². The standard InChI is InChI=1S/C16H26O4.C15H24O4/c1-7-16(8-2,20-15(18)13(5)6)10-9-11-19-14(17)12(3)4;1-7-15(8-2,19-14(17)12(5)6)9-10-18-13(16)11(3)4/h3,5,7-11H2,1-2,4,6H3;3,5,7-10H2,1-2,4,6H3. The highest BCUT2D eigenvalue weighted by atomic mass is 16.6. The summed E-state index contributed by atoms with van der Waals surface area (Å²) < 4.78 is 21.1. The first-order valence-corrected chi connectivity index (χ1v) is 13.5. The lowest BCUT2D eigenvalue weighted by atomic mass is 9.91. The van der Waals surface area contributed by atoms with Crippen LogP contribution >= 0.6 is 0 Å². The van der Waals surface area contributed by atoms with Crippen molar-refractivity contribution in [2.45, 2.75) is 112 Å². The average molecular weight is 551 g/mol. The number of rotatable bonds is 17. The van der Waals surface area contributed by atoms with Gasteiger partial charge in [-0.25, -0.2) is 19.2 Å². The molecule has 0 aromatic rings. The summed E-state index contributed by atoms with van der Waals surface area (Å²) in [6.45, 7) is 29.0. The summed E-state index contributed by atoms with van der Waals surface area (Å²) in [5.74, 6) is -1.59. The molecular formula is C31H50O8. The lowest BCUT2D eigenvalue weighted by Crippen LogP contribution is -2.35. The molecular weight excluding hydrogens is 500 g/mol. The lowest BCUT2D eigenvalue weighted by Gasteiger charge is -2.31. The summed E-state index contributed by atoms with van der Waals surface area (Å²) in [5, 5.41) is 0. The Morgan fingerprint density at radius 2 is 0.821 bits per heavy atom. The van der Waals surface area contributed by atoms with Crippen molar-refractivity contribution in [1.29, 1.82) is 0 Å². The summed E-state index contributed by atoms with van der Waals surface area (Å²) in [6, 6.07) is 0. The van der Waals surface area contributed by atoms with Crippen LogP contribution in [-0.4, -0.2) is 48.3 Å². The zero-order chi connectivity index (χ0) is 30.8. The molecule has 0 unspecified atom stereocenters. The molecule has 8 heteroatoms. The molecule has 0 spiro atoms. The van der Waals surface area contributed by atoms with Gasteiger partial charge in [0, 0.05) is 28.7 Å². The second-order valence-electron chi connectivity index (χ2n) is 9.81. The molecule has 0 bridgehead atoms. The van der Waals surface area contributed by atoms with E-state index >= 15 is 0 Å². The fourth-order valence-electron chi connectivity index (χ4n) is 3.30. The van der Waals surface area contributed by atoms with E-state index in [9.17, 15) is 19.2 Å². The third-order valence-electron chi connectivity index (χ3n) is 6.39. The lowest BCUT2D eigenvalue weighted by molar-refractivity contribution is -0.159. The number of esters is 4. The van der Waals surface area contributed by atoms with E-state index in [0.29, 0.717) is 61.0 Å². The molecule has 39 heavy (non-hydrogen) atoms. The SMILES string of the molecule is C=C(C)C(=O)OCCC(CC)(CC)OC(=O)C(=C)C.C=C(C)C(=O)OCCCC(CC)(CC)OC(=O)C(=C)C. The Bertz CT molecular complexity index is 888. The van der Waals surface area contributed by atoms with Gasteiger partial charge in [-0.3, -0.25) is 0 Å². The van der Waals surface area contributed by atoms with E-state index in [2.05, 4.69) is 26.3 Å². The van der Waals surface area contributed by atoms with Crippen LogP contribution in [0.15, 0.2) is 48.6 Å². The zero-order valence-corrected chi connectivity index (χ0v) is 25.5. The third kappa shape index (κ3) is 15.1. The average Bonchev–Trinajstić information content (AvgIpc) is 2.89. The molecule has 0 rings (SSSR count). The molecule has 0 heterocycles. The predicted molar refractivity (Wildman–Crippen MR) is 154 cm³/mol. The van der Waals surface area contributed by atoms with Crippen LogP contribution in [0.4, 0.5) is 0 Å². The quantitative estimate of drug-likeness (QED) is 0.0849. The van der Waals surface area contributed by atoms with Gasteiger partial charge in [0.25, 0.3) is 0 Å². The largest absolute Gasteiger partial charge is 0.462 e. The van der Waals surface area contributed by atoms with Crippen molar-refractivity contribution in [1.82, 2.24) is 0 Å². The Kier molecular flexibility index (Phi) is 18.5. The maximum atomic E-state index is 11.7. The van der Waals surface area contributed by atoms with Crippen molar-refractivity contribution in [3.63, 3.8) is 0 Å². The molecule has 0 amide bonds. The van der Waals surface area contributed by atoms with Crippen LogP contribution in [0.1, 0.15) is 100 Å². The molecule has 0 atom stereocenters. The molecule has 0 saturated carbocycles. The van der Waals surface area contributed by atoms with Gasteiger partial charge in [0.2, 0.25) is 0 Å². The minimum Gasteiger partial charge on any atom is -0.462 e. The third-order valence-corrected chi connectivity index (χ3v) is 6.39. The molecule has 0 radical (unpaired) electrons. The summed E-state index contributed by atoms with van der Waals surface area (Å²) in [4.78, 5) is 45.9. The minimum atomic E-state index is -0.606. The van der Waals surface area contributed by atoms with Crippen molar-refractivity contribution >= 4 is 23.9 Å². The molecule has 0 aromatic heterocycles. The minimum absolute atomic E-state index is 0.205. The zero-order valence-electron chi connectivity index (χ0n) is 25.5. The monoisotopic (exact) mass is 550 g/mol. The van der Waals surface area contributed by atoms with Gasteiger partial charge in [-0.2, -0.15) is 0 Å². The summed E-state index contributed by atoms with van der Waals surface area (Å²) in [7, 11) is 0. The van der Waals surface area contributed by atoms with Crippen molar-refractivity contribution < 1.29 is 38.1 Å². The van der Waals surface area contributed by atoms with Gasteiger partial charge in [0.15, 0.2) is 0 Å². The van der Waals surface area contributed by atoms with E-state index in [1.807, 2.05) is 27.7 Å². The highest BCUT2D eigenvalue weighted by molar-refractivity contribution is 5.88. The van der Waals surface area contributed by atoms with Gasteiger partial charge in [0.1, 0.15) is 11.2 Å². The van der Waals surface area contributed by atoms with Crippen LogP contribution in [0.3, 0.4) is 0 Å². The van der Waals surface area contributed by atoms with Crippen LogP contribution < -0.4 is 0 Å². The molecule has 0 fully saturated rings. The van der Waals surface area contributed by atoms with E-state index in [4.69, 9.17) is 18.9 Å². The Morgan fingerprint density at radius 1 is 0.513 bits per heavy atom.